The Labute approximate surface area is 153 Å². The van der Waals surface area contributed by atoms with E-state index in [1.165, 1.54) is 0 Å². The Hall–Kier alpha value is 0.269. The van der Waals surface area contributed by atoms with Crippen molar-refractivity contribution in [2.24, 2.45) is 5.92 Å². The van der Waals surface area contributed by atoms with E-state index in [1.807, 2.05) is 6.92 Å². The third kappa shape index (κ3) is 11.4. The standard InChI is InChI=1S/C8H16O2.3C4H9.Sn/c1-3-5-6-7(4-2)8(9)10;3*1-4(2)3;/h7H,3-6H2,1-2H3,(H,9,10);3*1-3H3;/q;;;;+1/p-1. The van der Waals surface area contributed by atoms with Crippen LogP contribution in [-0.4, -0.2) is 25.7 Å². The predicted octanol–water partition coefficient (Wildman–Crippen LogP) is 5.83. The molecule has 0 aromatic carbocycles. The van der Waals surface area contributed by atoms with Crippen LogP contribution in [0.2, 0.25) is 10.3 Å². The average molecular weight is 433 g/mol. The molecule has 2 nitrogen and oxygen atoms in total. The second-order valence-electron chi connectivity index (χ2n) is 9.69. The molecule has 0 aromatic heterocycles. The van der Waals surface area contributed by atoms with Crippen LogP contribution in [0.15, 0.2) is 0 Å². The van der Waals surface area contributed by atoms with Gasteiger partial charge in [-0.2, -0.15) is 0 Å². The molecule has 0 amide bonds. The molecule has 0 spiro atoms. The van der Waals surface area contributed by atoms with Gasteiger partial charge >= 0.3 is 92.4 Å². The van der Waals surface area contributed by atoms with Gasteiger partial charge in [0, 0.05) is 5.97 Å². The van der Waals surface area contributed by atoms with Gasteiger partial charge in [-0.15, -0.1) is 0 Å². The fraction of sp³-hybridized carbons (Fsp3) is 0.950. The number of carbonyl (C=O) groups excluding carboxylic acids is 1. The summed E-state index contributed by atoms with van der Waals surface area (Å²) in [5, 5.41) is 10.3. The first-order valence-corrected chi connectivity index (χ1v) is 13.5. The normalized spacial score (nSPS) is 13.9. The third-order valence-electron chi connectivity index (χ3n) is 3.98. The Kier molecular flexibility index (Phi) is 11.4. The SMILES string of the molecule is CCCCC(CC)C(=O)[O-].C[C](C)(C)[Sn+]([C](C)(C)C)[C](C)(C)C. The summed E-state index contributed by atoms with van der Waals surface area (Å²) in [5.74, 6) is -1.11. The Balaban J connectivity index is 0. The summed E-state index contributed by atoms with van der Waals surface area (Å²) in [5.41, 5.74) is 0. The van der Waals surface area contributed by atoms with Gasteiger partial charge < -0.3 is 9.90 Å². The van der Waals surface area contributed by atoms with Crippen LogP contribution in [0.25, 0.3) is 0 Å². The summed E-state index contributed by atoms with van der Waals surface area (Å²) < 4.78 is 1.75. The fourth-order valence-corrected chi connectivity index (χ4v) is 23.6. The van der Waals surface area contributed by atoms with E-state index in [0.717, 1.165) is 19.3 Å². The van der Waals surface area contributed by atoms with Crippen LogP contribution in [0.3, 0.4) is 0 Å². The molecule has 0 fully saturated rings. The van der Waals surface area contributed by atoms with Gasteiger partial charge in [0.15, 0.2) is 0 Å². The molecule has 0 aliphatic heterocycles. The number of hydrogen-bond donors (Lipinski definition) is 0. The van der Waals surface area contributed by atoms with Crippen molar-refractivity contribution >= 4 is 25.7 Å². The first-order valence-electron chi connectivity index (χ1n) is 9.18. The number of hydrogen-bond acceptors (Lipinski definition) is 2. The molecule has 0 aliphatic rings. The monoisotopic (exact) mass is 434 g/mol. The van der Waals surface area contributed by atoms with Gasteiger partial charge in [0.1, 0.15) is 0 Å². The van der Waals surface area contributed by atoms with E-state index >= 15 is 0 Å². The minimum atomic E-state index is -1.43. The van der Waals surface area contributed by atoms with Crippen molar-refractivity contribution in [2.45, 2.75) is 112 Å². The van der Waals surface area contributed by atoms with Gasteiger partial charge in [-0.1, -0.05) is 26.7 Å². The Morgan fingerprint density at radius 1 is 0.870 bits per heavy atom. The third-order valence-corrected chi connectivity index (χ3v) is 16.8. The van der Waals surface area contributed by atoms with E-state index in [0.29, 0.717) is 16.7 Å². The van der Waals surface area contributed by atoms with E-state index < -0.39 is 25.7 Å². The van der Waals surface area contributed by atoms with Crippen molar-refractivity contribution < 1.29 is 9.90 Å². The van der Waals surface area contributed by atoms with E-state index in [9.17, 15) is 9.90 Å². The van der Waals surface area contributed by atoms with Crippen molar-refractivity contribution in [1.29, 1.82) is 0 Å². The van der Waals surface area contributed by atoms with Crippen molar-refractivity contribution in [1.82, 2.24) is 0 Å². The first kappa shape index (κ1) is 25.5. The molecule has 0 aromatic rings. The molecule has 0 saturated carbocycles. The van der Waals surface area contributed by atoms with Crippen LogP contribution in [0.1, 0.15) is 102 Å². The molecule has 0 radical (unpaired) electrons. The second kappa shape index (κ2) is 10.3. The predicted molar refractivity (Wildman–Crippen MR) is 103 cm³/mol. The fourth-order valence-electron chi connectivity index (χ4n) is 4.31. The van der Waals surface area contributed by atoms with Crippen molar-refractivity contribution in [2.75, 3.05) is 0 Å². The zero-order valence-electron chi connectivity index (χ0n) is 17.7. The first-order chi connectivity index (χ1) is 10.1. The molecule has 0 heterocycles. The summed E-state index contributed by atoms with van der Waals surface area (Å²) in [6, 6.07) is 0. The molecule has 0 rings (SSSR count). The molecular weight excluding hydrogens is 391 g/mol. The maximum atomic E-state index is 10.3. The Morgan fingerprint density at radius 2 is 1.22 bits per heavy atom. The molecular formula is C20H42O2Sn. The van der Waals surface area contributed by atoms with E-state index in [2.05, 4.69) is 69.2 Å². The molecule has 0 aliphatic carbocycles. The summed E-state index contributed by atoms with van der Waals surface area (Å²) in [7, 11) is 0. The second-order valence-corrected chi connectivity index (χ2v) is 24.7. The van der Waals surface area contributed by atoms with Crippen LogP contribution in [0.4, 0.5) is 0 Å². The molecule has 0 saturated heterocycles. The molecule has 0 bridgehead atoms. The number of unbranched alkanes of at least 4 members (excludes halogenated alkanes) is 1. The van der Waals surface area contributed by atoms with Crippen molar-refractivity contribution in [3.05, 3.63) is 0 Å². The van der Waals surface area contributed by atoms with Gasteiger partial charge in [-0.25, -0.2) is 0 Å². The molecule has 23 heavy (non-hydrogen) atoms. The average Bonchev–Trinajstić information content (AvgIpc) is 2.23. The number of carboxylic acids is 1. The van der Waals surface area contributed by atoms with Gasteiger partial charge in [-0.3, -0.25) is 0 Å². The minimum absolute atomic E-state index is 0.222. The molecule has 138 valence electrons. The number of aliphatic carboxylic acids is 1. The maximum absolute atomic E-state index is 10.3. The van der Waals surface area contributed by atoms with Crippen LogP contribution in [0, 0.1) is 5.92 Å². The zero-order chi connectivity index (χ0) is 19.1. The van der Waals surface area contributed by atoms with Crippen LogP contribution in [-0.2, 0) is 4.79 Å². The zero-order valence-corrected chi connectivity index (χ0v) is 20.6. The van der Waals surface area contributed by atoms with Crippen molar-refractivity contribution in [3.63, 3.8) is 0 Å². The van der Waals surface area contributed by atoms with E-state index in [1.54, 1.807) is 0 Å². The van der Waals surface area contributed by atoms with Gasteiger partial charge in [0.25, 0.3) is 0 Å². The molecule has 0 N–H and O–H groups in total. The topological polar surface area (TPSA) is 40.1 Å². The summed E-state index contributed by atoms with van der Waals surface area (Å²) in [6.07, 6.45) is 3.52. The summed E-state index contributed by atoms with van der Waals surface area (Å²) in [4.78, 5) is 10.3. The number of rotatable bonds is 5. The van der Waals surface area contributed by atoms with Crippen LogP contribution in [0.5, 0.6) is 0 Å². The molecule has 1 unspecified atom stereocenters. The van der Waals surface area contributed by atoms with E-state index in [-0.39, 0.29) is 5.92 Å². The Bertz CT molecular complexity index is 296. The van der Waals surface area contributed by atoms with E-state index in [4.69, 9.17) is 0 Å². The van der Waals surface area contributed by atoms with Crippen LogP contribution < -0.4 is 5.11 Å². The van der Waals surface area contributed by atoms with Crippen LogP contribution >= 0.6 is 0 Å². The summed E-state index contributed by atoms with van der Waals surface area (Å²) in [6.45, 7) is 25.9. The quantitative estimate of drug-likeness (QED) is 0.512. The summed E-state index contributed by atoms with van der Waals surface area (Å²) >= 11 is -1.43. The molecule has 1 atom stereocenters. The Morgan fingerprint density at radius 3 is 1.35 bits per heavy atom. The van der Waals surface area contributed by atoms with Crippen molar-refractivity contribution in [3.8, 4) is 0 Å². The van der Waals surface area contributed by atoms with Gasteiger partial charge in [0.05, 0.1) is 0 Å². The number of carbonyl (C=O) groups is 1. The van der Waals surface area contributed by atoms with Gasteiger partial charge in [0.2, 0.25) is 0 Å². The number of carboxylic acid groups (broad SMARTS) is 1. The molecule has 3 heteroatoms. The van der Waals surface area contributed by atoms with Gasteiger partial charge in [-0.05, 0) is 18.8 Å².